The van der Waals surface area contributed by atoms with Crippen LogP contribution in [0.2, 0.25) is 0 Å². The maximum absolute atomic E-state index is 11.6. The molecule has 0 saturated carbocycles. The first kappa shape index (κ1) is 11.4. The quantitative estimate of drug-likeness (QED) is 0.445. The Morgan fingerprint density at radius 2 is 2.21 bits per heavy atom. The van der Waals surface area contributed by atoms with Crippen LogP contribution in [0.3, 0.4) is 0 Å². The van der Waals surface area contributed by atoms with Gasteiger partial charge in [0.25, 0.3) is 0 Å². The zero-order valence-electron chi connectivity index (χ0n) is 8.42. The van der Waals surface area contributed by atoms with Crippen LogP contribution in [-0.2, 0) is 4.79 Å². The Morgan fingerprint density at radius 3 is 2.64 bits per heavy atom. The molecule has 1 unspecified atom stereocenters. The number of carbonyl (C=O) groups is 1. The van der Waals surface area contributed by atoms with Gasteiger partial charge < -0.3 is 20.8 Å². The van der Waals surface area contributed by atoms with E-state index in [-0.39, 0.29) is 25.0 Å². The van der Waals surface area contributed by atoms with Crippen LogP contribution in [0.25, 0.3) is 0 Å². The highest BCUT2D eigenvalue weighted by Crippen LogP contribution is 2.10. The summed E-state index contributed by atoms with van der Waals surface area (Å²) in [6.07, 6.45) is 0.818. The molecule has 0 aliphatic carbocycles. The maximum atomic E-state index is 11.6. The van der Waals surface area contributed by atoms with Gasteiger partial charge in [0.05, 0.1) is 24.7 Å². The van der Waals surface area contributed by atoms with Gasteiger partial charge in [-0.25, -0.2) is 0 Å². The topological polar surface area (TPSA) is 81.6 Å². The van der Waals surface area contributed by atoms with Crippen LogP contribution >= 0.6 is 0 Å². The van der Waals surface area contributed by atoms with Crippen molar-refractivity contribution in [2.24, 2.45) is 5.92 Å². The first-order chi connectivity index (χ1) is 6.61. The van der Waals surface area contributed by atoms with Crippen LogP contribution in [0.1, 0.15) is 13.3 Å². The number of carbonyl (C=O) groups excluding carboxylic acids is 1. The van der Waals surface area contributed by atoms with Gasteiger partial charge in [-0.2, -0.15) is 0 Å². The van der Waals surface area contributed by atoms with Crippen molar-refractivity contribution in [2.75, 3.05) is 26.3 Å². The van der Waals surface area contributed by atoms with Gasteiger partial charge in [-0.15, -0.1) is 0 Å². The lowest BCUT2D eigenvalue weighted by Crippen LogP contribution is -2.53. The predicted octanol–water partition coefficient (Wildman–Crippen LogP) is -1.54. The smallest absolute Gasteiger partial charge is 0.225 e. The molecule has 0 aromatic rings. The lowest BCUT2D eigenvalue weighted by molar-refractivity contribution is -0.127. The molecule has 1 atom stereocenters. The van der Waals surface area contributed by atoms with Gasteiger partial charge in [-0.05, 0) is 19.9 Å². The van der Waals surface area contributed by atoms with Gasteiger partial charge in [0.2, 0.25) is 5.91 Å². The first-order valence-electron chi connectivity index (χ1n) is 4.86. The molecule has 1 aliphatic rings. The van der Waals surface area contributed by atoms with E-state index >= 15 is 0 Å². The maximum Gasteiger partial charge on any atom is 0.225 e. The molecule has 1 rings (SSSR count). The van der Waals surface area contributed by atoms with Crippen LogP contribution in [0.15, 0.2) is 0 Å². The summed E-state index contributed by atoms with van der Waals surface area (Å²) in [7, 11) is 0. The van der Waals surface area contributed by atoms with Crippen molar-refractivity contribution in [1.29, 1.82) is 0 Å². The minimum Gasteiger partial charge on any atom is -0.394 e. The molecule has 0 aromatic heterocycles. The fourth-order valence-corrected chi connectivity index (χ4v) is 1.41. The van der Waals surface area contributed by atoms with Crippen molar-refractivity contribution in [1.82, 2.24) is 10.6 Å². The number of rotatable bonds is 4. The molecular formula is C9H18N2O3. The molecule has 4 N–H and O–H groups in total. The van der Waals surface area contributed by atoms with Crippen molar-refractivity contribution in [3.8, 4) is 0 Å². The average molecular weight is 202 g/mol. The summed E-state index contributed by atoms with van der Waals surface area (Å²) in [6.45, 7) is 2.64. The summed E-state index contributed by atoms with van der Waals surface area (Å²) in [5, 5.41) is 23.7. The lowest BCUT2D eigenvalue weighted by Gasteiger charge is -2.27. The van der Waals surface area contributed by atoms with E-state index in [2.05, 4.69) is 10.6 Å². The molecule has 1 aliphatic heterocycles. The SMILES string of the molecule is CC(CO)(CO)NC(=O)C1CCNC1. The standard InChI is InChI=1S/C9H18N2O3/c1-9(5-12,6-13)11-8(14)7-2-3-10-4-7/h7,10,12-13H,2-6H2,1H3,(H,11,14). The second-order valence-electron chi connectivity index (χ2n) is 4.06. The second-order valence-corrected chi connectivity index (χ2v) is 4.06. The number of amides is 1. The molecule has 1 heterocycles. The summed E-state index contributed by atoms with van der Waals surface area (Å²) < 4.78 is 0. The normalized spacial score (nSPS) is 22.4. The summed E-state index contributed by atoms with van der Waals surface area (Å²) in [5.74, 6) is -0.131. The highest BCUT2D eigenvalue weighted by atomic mass is 16.3. The van der Waals surface area contributed by atoms with Crippen molar-refractivity contribution in [2.45, 2.75) is 18.9 Å². The molecule has 1 amide bonds. The third-order valence-electron chi connectivity index (χ3n) is 2.55. The highest BCUT2D eigenvalue weighted by Gasteiger charge is 2.29. The third-order valence-corrected chi connectivity index (χ3v) is 2.55. The summed E-state index contributed by atoms with van der Waals surface area (Å²) in [5.41, 5.74) is -0.903. The molecule has 0 spiro atoms. The Kier molecular flexibility index (Phi) is 3.86. The van der Waals surface area contributed by atoms with Gasteiger partial charge in [0.1, 0.15) is 0 Å². The minimum absolute atomic E-state index is 0.0348. The van der Waals surface area contributed by atoms with Crippen LogP contribution in [-0.4, -0.2) is 48.0 Å². The Bertz CT molecular complexity index is 198. The van der Waals surface area contributed by atoms with E-state index in [4.69, 9.17) is 10.2 Å². The predicted molar refractivity (Wildman–Crippen MR) is 51.7 cm³/mol. The molecule has 14 heavy (non-hydrogen) atoms. The number of hydrogen-bond acceptors (Lipinski definition) is 4. The Morgan fingerprint density at radius 1 is 1.57 bits per heavy atom. The monoisotopic (exact) mass is 202 g/mol. The highest BCUT2D eigenvalue weighted by molar-refractivity contribution is 5.80. The van der Waals surface area contributed by atoms with E-state index in [0.29, 0.717) is 6.54 Å². The third kappa shape index (κ3) is 2.67. The molecule has 1 saturated heterocycles. The van der Waals surface area contributed by atoms with E-state index in [1.807, 2.05) is 0 Å². The number of hydrogen-bond donors (Lipinski definition) is 4. The summed E-state index contributed by atoms with van der Waals surface area (Å²) in [4.78, 5) is 11.6. The van der Waals surface area contributed by atoms with Gasteiger partial charge in [0.15, 0.2) is 0 Å². The van der Waals surface area contributed by atoms with Crippen LogP contribution in [0.5, 0.6) is 0 Å². The second kappa shape index (κ2) is 4.72. The molecular weight excluding hydrogens is 184 g/mol. The van der Waals surface area contributed by atoms with E-state index in [1.54, 1.807) is 6.92 Å². The lowest BCUT2D eigenvalue weighted by atomic mass is 10.0. The zero-order chi connectivity index (χ0) is 10.6. The van der Waals surface area contributed by atoms with Gasteiger partial charge in [-0.3, -0.25) is 4.79 Å². The van der Waals surface area contributed by atoms with Crippen LogP contribution in [0.4, 0.5) is 0 Å². The van der Waals surface area contributed by atoms with Crippen molar-refractivity contribution >= 4 is 5.91 Å². The average Bonchev–Trinajstić information content (AvgIpc) is 2.70. The number of aliphatic hydroxyl groups is 2. The largest absolute Gasteiger partial charge is 0.394 e. The van der Waals surface area contributed by atoms with E-state index in [0.717, 1.165) is 13.0 Å². The Hall–Kier alpha value is -0.650. The van der Waals surface area contributed by atoms with E-state index in [9.17, 15) is 4.79 Å². The van der Waals surface area contributed by atoms with Crippen molar-refractivity contribution < 1.29 is 15.0 Å². The Balaban J connectivity index is 2.45. The molecule has 5 nitrogen and oxygen atoms in total. The fourth-order valence-electron chi connectivity index (χ4n) is 1.41. The number of nitrogens with one attached hydrogen (secondary N) is 2. The fraction of sp³-hybridized carbons (Fsp3) is 0.889. The molecule has 1 fully saturated rings. The molecule has 5 heteroatoms. The van der Waals surface area contributed by atoms with Gasteiger partial charge >= 0.3 is 0 Å². The minimum atomic E-state index is -0.903. The Labute approximate surface area is 83.5 Å². The van der Waals surface area contributed by atoms with E-state index < -0.39 is 5.54 Å². The van der Waals surface area contributed by atoms with Crippen LogP contribution < -0.4 is 10.6 Å². The first-order valence-corrected chi connectivity index (χ1v) is 4.86. The molecule has 0 radical (unpaired) electrons. The van der Waals surface area contributed by atoms with Gasteiger partial charge in [0, 0.05) is 6.54 Å². The molecule has 0 bridgehead atoms. The van der Waals surface area contributed by atoms with Crippen molar-refractivity contribution in [3.05, 3.63) is 0 Å². The molecule has 0 aromatic carbocycles. The van der Waals surface area contributed by atoms with Crippen molar-refractivity contribution in [3.63, 3.8) is 0 Å². The molecule has 82 valence electrons. The zero-order valence-corrected chi connectivity index (χ0v) is 8.42. The van der Waals surface area contributed by atoms with E-state index in [1.165, 1.54) is 0 Å². The summed E-state index contributed by atoms with van der Waals surface area (Å²) in [6, 6.07) is 0. The summed E-state index contributed by atoms with van der Waals surface area (Å²) >= 11 is 0. The van der Waals surface area contributed by atoms with Gasteiger partial charge in [-0.1, -0.05) is 0 Å². The van der Waals surface area contributed by atoms with Crippen LogP contribution in [0, 0.1) is 5.92 Å². The number of aliphatic hydroxyl groups excluding tert-OH is 2.